The van der Waals surface area contributed by atoms with Crippen LogP contribution in [-0.2, 0) is 11.8 Å². The second-order valence-corrected chi connectivity index (χ2v) is 6.90. The average molecular weight is 286 g/mol. The van der Waals surface area contributed by atoms with Gasteiger partial charge in [0.15, 0.2) is 0 Å². The van der Waals surface area contributed by atoms with Gasteiger partial charge in [0.05, 0.1) is 6.10 Å². The molecule has 0 aliphatic heterocycles. The van der Waals surface area contributed by atoms with Crippen molar-refractivity contribution in [1.82, 2.24) is 0 Å². The maximum absolute atomic E-state index is 10.9. The Morgan fingerprint density at radius 3 is 2.45 bits per heavy atom. The van der Waals surface area contributed by atoms with Gasteiger partial charge in [-0.05, 0) is 42.7 Å². The third-order valence-electron chi connectivity index (χ3n) is 4.73. The average Bonchev–Trinajstić information content (AvgIpc) is 3.18. The minimum absolute atomic E-state index is 0.00147. The minimum Gasteiger partial charge on any atom is -0.392 e. The number of benzene rings is 1. The molecular weight excluding hydrogens is 264 g/mol. The predicted molar refractivity (Wildman–Crippen MR) is 85.2 cm³/mol. The summed E-state index contributed by atoms with van der Waals surface area (Å²) in [7, 11) is 0. The molecule has 3 rings (SSSR count). The van der Waals surface area contributed by atoms with Crippen molar-refractivity contribution in [3.63, 3.8) is 0 Å². The Morgan fingerprint density at radius 2 is 1.80 bits per heavy atom. The van der Waals surface area contributed by atoms with Crippen LogP contribution in [0.2, 0.25) is 0 Å². The number of hydrogen-bond acceptors (Lipinski definition) is 2. The number of aliphatic hydroxyl groups is 1. The summed E-state index contributed by atoms with van der Waals surface area (Å²) in [6, 6.07) is 14.9. The molecule has 1 saturated carbocycles. The van der Waals surface area contributed by atoms with Gasteiger partial charge in [0.25, 0.3) is 0 Å². The van der Waals surface area contributed by atoms with Gasteiger partial charge in [-0.25, -0.2) is 0 Å². The molecule has 2 aromatic rings. The van der Waals surface area contributed by atoms with Crippen LogP contribution in [0.3, 0.4) is 0 Å². The Kier molecular flexibility index (Phi) is 4.23. The summed E-state index contributed by atoms with van der Waals surface area (Å²) >= 11 is 1.79. The molecule has 0 spiro atoms. The number of thiophene rings is 1. The van der Waals surface area contributed by atoms with E-state index in [1.54, 1.807) is 11.3 Å². The van der Waals surface area contributed by atoms with Crippen LogP contribution >= 0.6 is 11.3 Å². The fourth-order valence-corrected chi connectivity index (χ4v) is 4.33. The van der Waals surface area contributed by atoms with E-state index in [4.69, 9.17) is 0 Å². The molecule has 1 atom stereocenters. The van der Waals surface area contributed by atoms with E-state index >= 15 is 0 Å². The molecule has 0 amide bonds. The summed E-state index contributed by atoms with van der Waals surface area (Å²) in [5.74, 6) is 0. The van der Waals surface area contributed by atoms with Crippen LogP contribution in [0, 0.1) is 0 Å². The normalized spacial score (nSPS) is 19.1. The van der Waals surface area contributed by atoms with E-state index in [0.29, 0.717) is 0 Å². The number of aliphatic hydroxyl groups excluding tert-OH is 1. The highest BCUT2D eigenvalue weighted by atomic mass is 32.1. The Hall–Kier alpha value is -1.12. The standard InChI is InChI=1S/C18H22OS/c19-17(11-10-16-9-6-14-20-16)18(12-4-5-13-18)15-7-2-1-3-8-15/h1-3,6-9,14,17,19H,4-5,10-13H2. The van der Waals surface area contributed by atoms with E-state index in [1.807, 2.05) is 0 Å². The van der Waals surface area contributed by atoms with Crippen LogP contribution in [0.4, 0.5) is 0 Å². The fraction of sp³-hybridized carbons (Fsp3) is 0.444. The SMILES string of the molecule is OC(CCc1cccs1)C1(c2ccccc2)CCCC1. The van der Waals surface area contributed by atoms with Crippen LogP contribution in [0.5, 0.6) is 0 Å². The van der Waals surface area contributed by atoms with Gasteiger partial charge in [0.2, 0.25) is 0 Å². The largest absolute Gasteiger partial charge is 0.392 e. The first-order chi connectivity index (χ1) is 9.81. The quantitative estimate of drug-likeness (QED) is 0.854. The Bertz CT molecular complexity index is 512. The third-order valence-corrected chi connectivity index (χ3v) is 5.66. The molecule has 20 heavy (non-hydrogen) atoms. The molecule has 0 saturated heterocycles. The van der Waals surface area contributed by atoms with Crippen LogP contribution in [0.15, 0.2) is 47.8 Å². The first-order valence-corrected chi connectivity index (χ1v) is 8.45. The highest BCUT2D eigenvalue weighted by Gasteiger charge is 2.41. The van der Waals surface area contributed by atoms with E-state index in [1.165, 1.54) is 23.3 Å². The lowest BCUT2D eigenvalue weighted by Crippen LogP contribution is -2.37. The van der Waals surface area contributed by atoms with Gasteiger partial charge in [-0.2, -0.15) is 0 Å². The van der Waals surface area contributed by atoms with Crippen molar-refractivity contribution in [3.05, 3.63) is 58.3 Å². The molecule has 1 N–H and O–H groups in total. The lowest BCUT2D eigenvalue weighted by molar-refractivity contribution is 0.0748. The van der Waals surface area contributed by atoms with Crippen LogP contribution in [-0.4, -0.2) is 11.2 Å². The zero-order valence-electron chi connectivity index (χ0n) is 11.8. The zero-order valence-corrected chi connectivity index (χ0v) is 12.6. The molecule has 2 heteroatoms. The molecule has 1 nitrogen and oxygen atoms in total. The van der Waals surface area contributed by atoms with Gasteiger partial charge >= 0.3 is 0 Å². The van der Waals surface area contributed by atoms with Crippen LogP contribution in [0.25, 0.3) is 0 Å². The lowest BCUT2D eigenvalue weighted by atomic mass is 9.73. The highest BCUT2D eigenvalue weighted by Crippen LogP contribution is 2.45. The van der Waals surface area contributed by atoms with Crippen molar-refractivity contribution >= 4 is 11.3 Å². The van der Waals surface area contributed by atoms with E-state index in [2.05, 4.69) is 47.8 Å². The maximum atomic E-state index is 10.9. The number of aryl methyl sites for hydroxylation is 1. The van der Waals surface area contributed by atoms with Gasteiger partial charge in [0.1, 0.15) is 0 Å². The molecule has 1 unspecified atom stereocenters. The second-order valence-electron chi connectivity index (χ2n) is 5.86. The van der Waals surface area contributed by atoms with Gasteiger partial charge in [-0.3, -0.25) is 0 Å². The monoisotopic (exact) mass is 286 g/mol. The third kappa shape index (κ3) is 2.68. The van der Waals surface area contributed by atoms with Crippen molar-refractivity contribution in [3.8, 4) is 0 Å². The number of hydrogen-bond donors (Lipinski definition) is 1. The summed E-state index contributed by atoms with van der Waals surface area (Å²) in [6.07, 6.45) is 6.37. The second kappa shape index (κ2) is 6.11. The Balaban J connectivity index is 1.76. The van der Waals surface area contributed by atoms with Crippen molar-refractivity contribution in [2.75, 3.05) is 0 Å². The van der Waals surface area contributed by atoms with Crippen molar-refractivity contribution < 1.29 is 5.11 Å². The highest BCUT2D eigenvalue weighted by molar-refractivity contribution is 7.09. The van der Waals surface area contributed by atoms with Crippen molar-refractivity contribution in [2.24, 2.45) is 0 Å². The molecule has 1 heterocycles. The first-order valence-electron chi connectivity index (χ1n) is 7.57. The van der Waals surface area contributed by atoms with E-state index in [-0.39, 0.29) is 11.5 Å². The summed E-state index contributed by atoms with van der Waals surface area (Å²) in [4.78, 5) is 1.38. The van der Waals surface area contributed by atoms with Crippen molar-refractivity contribution in [1.29, 1.82) is 0 Å². The van der Waals surface area contributed by atoms with E-state index in [9.17, 15) is 5.11 Å². The summed E-state index contributed by atoms with van der Waals surface area (Å²) in [5.41, 5.74) is 1.33. The molecular formula is C18H22OS. The predicted octanol–water partition coefficient (Wildman–Crippen LogP) is 4.55. The zero-order chi connectivity index (χ0) is 13.8. The smallest absolute Gasteiger partial charge is 0.0640 e. The molecule has 0 radical (unpaired) electrons. The molecule has 1 fully saturated rings. The topological polar surface area (TPSA) is 20.2 Å². The Morgan fingerprint density at radius 1 is 1.05 bits per heavy atom. The summed E-state index contributed by atoms with van der Waals surface area (Å²) in [6.45, 7) is 0. The molecule has 106 valence electrons. The Labute approximate surface area is 125 Å². The first kappa shape index (κ1) is 13.8. The van der Waals surface area contributed by atoms with E-state index < -0.39 is 0 Å². The molecule has 1 aromatic carbocycles. The lowest BCUT2D eigenvalue weighted by Gasteiger charge is -2.35. The van der Waals surface area contributed by atoms with E-state index in [0.717, 1.165) is 25.7 Å². The van der Waals surface area contributed by atoms with Gasteiger partial charge < -0.3 is 5.11 Å². The maximum Gasteiger partial charge on any atom is 0.0640 e. The van der Waals surface area contributed by atoms with Crippen LogP contribution in [0.1, 0.15) is 42.5 Å². The fourth-order valence-electron chi connectivity index (χ4n) is 3.60. The molecule has 1 aliphatic carbocycles. The van der Waals surface area contributed by atoms with Crippen LogP contribution < -0.4 is 0 Å². The summed E-state index contributed by atoms with van der Waals surface area (Å²) < 4.78 is 0. The molecule has 1 aliphatic rings. The van der Waals surface area contributed by atoms with Crippen molar-refractivity contribution in [2.45, 2.75) is 50.0 Å². The van der Waals surface area contributed by atoms with Gasteiger partial charge in [-0.15, -0.1) is 11.3 Å². The molecule has 0 bridgehead atoms. The van der Waals surface area contributed by atoms with Gasteiger partial charge in [-0.1, -0.05) is 49.2 Å². The van der Waals surface area contributed by atoms with Gasteiger partial charge in [0, 0.05) is 10.3 Å². The molecule has 1 aromatic heterocycles. The number of rotatable bonds is 5. The minimum atomic E-state index is -0.227. The summed E-state index contributed by atoms with van der Waals surface area (Å²) in [5, 5.41) is 13.0.